The number of benzene rings is 1. The average molecular weight is 288 g/mol. The van der Waals surface area contributed by atoms with Crippen molar-refractivity contribution in [3.63, 3.8) is 0 Å². The van der Waals surface area contributed by atoms with E-state index in [2.05, 4.69) is 60.5 Å². The zero-order valence-corrected chi connectivity index (χ0v) is 13.3. The zero-order valence-electron chi connectivity index (χ0n) is 13.3. The van der Waals surface area contributed by atoms with Gasteiger partial charge in [-0.3, -0.25) is 4.90 Å². The lowest BCUT2D eigenvalue weighted by atomic mass is 10.2. The van der Waals surface area contributed by atoms with Gasteiger partial charge in [-0.1, -0.05) is 38.1 Å². The molecule has 0 unspecified atom stereocenters. The molecule has 2 rings (SSSR count). The third-order valence-corrected chi connectivity index (χ3v) is 3.62. The van der Waals surface area contributed by atoms with Crippen LogP contribution in [0.15, 0.2) is 36.4 Å². The van der Waals surface area contributed by atoms with Crippen LogP contribution in [0.3, 0.4) is 0 Å². The van der Waals surface area contributed by atoms with Crippen LogP contribution in [0.25, 0.3) is 0 Å². The molecule has 1 aromatic rings. The van der Waals surface area contributed by atoms with Crippen LogP contribution >= 0.6 is 0 Å². The molecule has 0 aliphatic carbocycles. The zero-order chi connectivity index (χ0) is 14.9. The van der Waals surface area contributed by atoms with Crippen molar-refractivity contribution in [2.45, 2.75) is 26.8 Å². The van der Waals surface area contributed by atoms with E-state index >= 15 is 0 Å². The summed E-state index contributed by atoms with van der Waals surface area (Å²) in [6, 6.07) is 8.43. The maximum atomic E-state index is 5.82. The first-order valence-corrected chi connectivity index (χ1v) is 8.04. The first-order valence-electron chi connectivity index (χ1n) is 8.04. The van der Waals surface area contributed by atoms with Gasteiger partial charge in [0.25, 0.3) is 0 Å². The molecule has 1 aliphatic rings. The van der Waals surface area contributed by atoms with Gasteiger partial charge in [0.15, 0.2) is 0 Å². The number of hydrogen-bond donors (Lipinski definition) is 1. The lowest BCUT2D eigenvalue weighted by Gasteiger charge is -2.22. The number of rotatable bonds is 8. The summed E-state index contributed by atoms with van der Waals surface area (Å²) in [5, 5.41) is 3.45. The Hall–Kier alpha value is -1.32. The Morgan fingerprint density at radius 3 is 2.67 bits per heavy atom. The summed E-state index contributed by atoms with van der Waals surface area (Å²) in [6.45, 7) is 10.4. The average Bonchev–Trinajstić information content (AvgIpc) is 2.50. The molecule has 1 aliphatic heterocycles. The second kappa shape index (κ2) is 8.85. The van der Waals surface area contributed by atoms with Crippen LogP contribution in [0, 0.1) is 5.92 Å². The van der Waals surface area contributed by atoms with Crippen LogP contribution in [0.5, 0.6) is 5.75 Å². The summed E-state index contributed by atoms with van der Waals surface area (Å²) in [5.41, 5.74) is 1.31. The Morgan fingerprint density at radius 2 is 2.00 bits per heavy atom. The predicted octanol–water partition coefficient (Wildman–Crippen LogP) is 3.07. The molecule has 0 aromatic heterocycles. The monoisotopic (exact) mass is 288 g/mol. The molecule has 0 saturated heterocycles. The summed E-state index contributed by atoms with van der Waals surface area (Å²) in [5.74, 6) is 1.66. The molecule has 0 spiro atoms. The minimum Gasteiger partial charge on any atom is -0.492 e. The first-order chi connectivity index (χ1) is 10.2. The van der Waals surface area contributed by atoms with Crippen LogP contribution in [0.4, 0.5) is 0 Å². The van der Waals surface area contributed by atoms with Gasteiger partial charge in [-0.05, 0) is 36.6 Å². The third-order valence-electron chi connectivity index (χ3n) is 3.62. The molecule has 0 fully saturated rings. The molecule has 0 bridgehead atoms. The van der Waals surface area contributed by atoms with E-state index in [0.717, 1.165) is 51.5 Å². The summed E-state index contributed by atoms with van der Waals surface area (Å²) in [7, 11) is 0. The van der Waals surface area contributed by atoms with Crippen molar-refractivity contribution in [1.82, 2.24) is 10.2 Å². The predicted molar refractivity (Wildman–Crippen MR) is 88.7 cm³/mol. The van der Waals surface area contributed by atoms with Gasteiger partial charge in [0.05, 0.1) is 0 Å². The lowest BCUT2D eigenvalue weighted by molar-refractivity contribution is 0.221. The largest absolute Gasteiger partial charge is 0.492 e. The molecule has 3 heteroatoms. The van der Waals surface area contributed by atoms with Crippen LogP contribution in [0.2, 0.25) is 0 Å². The summed E-state index contributed by atoms with van der Waals surface area (Å²) in [4.78, 5) is 2.42. The number of hydrogen-bond acceptors (Lipinski definition) is 3. The second-order valence-corrected chi connectivity index (χ2v) is 6.08. The molecular formula is C18H28N2O. The van der Waals surface area contributed by atoms with Gasteiger partial charge >= 0.3 is 0 Å². The molecule has 0 atom stereocenters. The van der Waals surface area contributed by atoms with Crippen molar-refractivity contribution in [2.24, 2.45) is 5.92 Å². The Balaban J connectivity index is 1.66. The maximum Gasteiger partial charge on any atom is 0.119 e. The Kier molecular flexibility index (Phi) is 6.77. The van der Waals surface area contributed by atoms with Gasteiger partial charge in [0.1, 0.15) is 12.4 Å². The highest BCUT2D eigenvalue weighted by molar-refractivity contribution is 5.27. The van der Waals surface area contributed by atoms with Crippen molar-refractivity contribution in [2.75, 3.05) is 32.8 Å². The summed E-state index contributed by atoms with van der Waals surface area (Å²) in [6.07, 6.45) is 5.66. The second-order valence-electron chi connectivity index (χ2n) is 6.08. The molecule has 21 heavy (non-hydrogen) atoms. The topological polar surface area (TPSA) is 24.5 Å². The minimum atomic E-state index is 0.692. The molecule has 1 heterocycles. The van der Waals surface area contributed by atoms with E-state index in [9.17, 15) is 0 Å². The molecular weight excluding hydrogens is 260 g/mol. The van der Waals surface area contributed by atoms with E-state index in [1.54, 1.807) is 0 Å². The molecule has 0 saturated carbocycles. The molecule has 3 nitrogen and oxygen atoms in total. The highest BCUT2D eigenvalue weighted by atomic mass is 16.5. The molecule has 0 radical (unpaired) electrons. The van der Waals surface area contributed by atoms with Crippen LogP contribution in [-0.2, 0) is 6.54 Å². The fourth-order valence-corrected chi connectivity index (χ4v) is 2.39. The normalized spacial score (nSPS) is 15.6. The van der Waals surface area contributed by atoms with E-state index < -0.39 is 0 Å². The maximum absolute atomic E-state index is 5.82. The fourth-order valence-electron chi connectivity index (χ4n) is 2.39. The molecule has 0 amide bonds. The van der Waals surface area contributed by atoms with Gasteiger partial charge in [0.2, 0.25) is 0 Å². The molecule has 1 aromatic carbocycles. The number of nitrogens with one attached hydrogen (secondary N) is 1. The van der Waals surface area contributed by atoms with Crippen molar-refractivity contribution >= 4 is 0 Å². The standard InChI is InChI=1S/C18H28N2O/c1-16(2)14-19-15-17-6-8-18(9-7-17)21-13-12-20-10-4-3-5-11-20/h3-4,6-9,16,19H,5,10-15H2,1-2H3. The lowest BCUT2D eigenvalue weighted by Crippen LogP contribution is -2.31. The van der Waals surface area contributed by atoms with E-state index in [-0.39, 0.29) is 0 Å². The van der Waals surface area contributed by atoms with E-state index in [4.69, 9.17) is 4.74 Å². The molecule has 1 N–H and O–H groups in total. The highest BCUT2D eigenvalue weighted by Gasteiger charge is 2.05. The first kappa shape index (κ1) is 16.1. The Bertz CT molecular complexity index is 425. The van der Waals surface area contributed by atoms with Gasteiger partial charge < -0.3 is 10.1 Å². The Labute approximate surface area is 129 Å². The van der Waals surface area contributed by atoms with Crippen molar-refractivity contribution in [1.29, 1.82) is 0 Å². The third kappa shape index (κ3) is 6.32. The van der Waals surface area contributed by atoms with Crippen LogP contribution in [-0.4, -0.2) is 37.7 Å². The minimum absolute atomic E-state index is 0.692. The van der Waals surface area contributed by atoms with Gasteiger partial charge in [-0.15, -0.1) is 0 Å². The van der Waals surface area contributed by atoms with E-state index in [0.29, 0.717) is 5.92 Å². The highest BCUT2D eigenvalue weighted by Crippen LogP contribution is 2.12. The van der Waals surface area contributed by atoms with Gasteiger partial charge in [0, 0.05) is 26.2 Å². The summed E-state index contributed by atoms with van der Waals surface area (Å²) >= 11 is 0. The smallest absolute Gasteiger partial charge is 0.119 e. The number of nitrogens with zero attached hydrogens (tertiary/aromatic N) is 1. The van der Waals surface area contributed by atoms with Crippen LogP contribution < -0.4 is 10.1 Å². The van der Waals surface area contributed by atoms with E-state index in [1.165, 1.54) is 5.56 Å². The van der Waals surface area contributed by atoms with Gasteiger partial charge in [-0.2, -0.15) is 0 Å². The van der Waals surface area contributed by atoms with Crippen molar-refractivity contribution in [3.8, 4) is 5.75 Å². The van der Waals surface area contributed by atoms with Gasteiger partial charge in [-0.25, -0.2) is 0 Å². The molecule has 116 valence electrons. The number of ether oxygens (including phenoxy) is 1. The SMILES string of the molecule is CC(C)CNCc1ccc(OCCN2CC=CCC2)cc1. The van der Waals surface area contributed by atoms with Crippen LogP contribution in [0.1, 0.15) is 25.8 Å². The summed E-state index contributed by atoms with van der Waals surface area (Å²) < 4.78 is 5.82. The van der Waals surface area contributed by atoms with Crippen molar-refractivity contribution < 1.29 is 4.74 Å². The van der Waals surface area contributed by atoms with E-state index in [1.807, 2.05) is 0 Å². The fraction of sp³-hybridized carbons (Fsp3) is 0.556. The Morgan fingerprint density at radius 1 is 1.19 bits per heavy atom. The quantitative estimate of drug-likeness (QED) is 0.744. The van der Waals surface area contributed by atoms with Crippen molar-refractivity contribution in [3.05, 3.63) is 42.0 Å².